The number of fused-ring (bicyclic) bond motifs is 1. The second-order valence-electron chi connectivity index (χ2n) is 16.1. The Morgan fingerprint density at radius 2 is 1.73 bits per heavy atom. The number of halogens is 2. The van der Waals surface area contributed by atoms with E-state index in [0.29, 0.717) is 45.8 Å². The van der Waals surface area contributed by atoms with Gasteiger partial charge in [-0.1, -0.05) is 37.1 Å². The number of carbonyl (C=O) groups is 3. The number of oxazole rings is 1. The lowest BCUT2D eigenvalue weighted by Crippen LogP contribution is -2.37. The lowest BCUT2D eigenvalue weighted by atomic mass is 9.86. The molecule has 314 valence electrons. The van der Waals surface area contributed by atoms with Crippen LogP contribution in [0.5, 0.6) is 11.5 Å². The number of rotatable bonds is 19. The molecule has 0 spiro atoms. The first-order valence-electron chi connectivity index (χ1n) is 21.0. The number of hydrogen-bond acceptors (Lipinski definition) is 10. The van der Waals surface area contributed by atoms with Crippen LogP contribution in [0.3, 0.4) is 0 Å². The highest BCUT2D eigenvalue weighted by atomic mass is 19.3. The van der Waals surface area contributed by atoms with E-state index in [-0.39, 0.29) is 35.6 Å². The summed E-state index contributed by atoms with van der Waals surface area (Å²) in [6.45, 7) is 2.73. The highest BCUT2D eigenvalue weighted by molar-refractivity contribution is 6.11. The van der Waals surface area contributed by atoms with Gasteiger partial charge >= 0.3 is 0 Å². The number of amides is 3. The van der Waals surface area contributed by atoms with Gasteiger partial charge in [0.15, 0.2) is 11.4 Å². The number of pyridine rings is 1. The lowest BCUT2D eigenvalue weighted by Gasteiger charge is -2.29. The van der Waals surface area contributed by atoms with E-state index >= 15 is 0 Å². The summed E-state index contributed by atoms with van der Waals surface area (Å²) in [5.74, 6) is 1.81. The Labute approximate surface area is 347 Å². The van der Waals surface area contributed by atoms with E-state index in [9.17, 15) is 23.2 Å². The highest BCUT2D eigenvalue weighted by Crippen LogP contribution is 2.35. The number of nitrogens with one attached hydrogen (secondary N) is 4. The Morgan fingerprint density at radius 1 is 0.950 bits per heavy atom. The van der Waals surface area contributed by atoms with Crippen molar-refractivity contribution in [2.45, 2.75) is 89.5 Å². The van der Waals surface area contributed by atoms with Crippen molar-refractivity contribution in [3.63, 3.8) is 0 Å². The van der Waals surface area contributed by atoms with Gasteiger partial charge in [-0.05, 0) is 124 Å². The number of aromatic nitrogens is 4. The molecule has 2 fully saturated rings. The Kier molecular flexibility index (Phi) is 12.9. The molecule has 15 heteroatoms. The molecule has 8 rings (SSSR count). The van der Waals surface area contributed by atoms with Crippen LogP contribution in [0.2, 0.25) is 0 Å². The third-order valence-corrected chi connectivity index (χ3v) is 11.5. The van der Waals surface area contributed by atoms with Crippen molar-refractivity contribution in [2.24, 2.45) is 11.8 Å². The Bertz CT molecular complexity index is 2280. The zero-order valence-electron chi connectivity index (χ0n) is 33.4. The molecule has 0 radical (unpaired) electrons. The maximum atomic E-state index is 14.1. The molecule has 0 atom stereocenters. The molecule has 2 saturated carbocycles. The minimum Gasteiger partial charge on any atom is -0.457 e. The molecule has 0 saturated heterocycles. The number of carbonyl (C=O) groups excluding carboxylic acids is 3. The molecule has 13 nitrogen and oxygen atoms in total. The molecular weight excluding hydrogens is 771 g/mol. The molecule has 0 bridgehead atoms. The number of nitrogens with zero attached hydrogens (tertiary/aromatic N) is 4. The SMILES string of the molecule is O=C1Cc2cccc(Oc3ccc(CCCCCCNC[C@H]4CC[C@H](n5cc(NC(=O)c6coc(-c7ccnc(NCC8CC8)c7)n6)c(C(F)F)n5)CC4)cc3)c2C(=O)N1. The number of imide groups is 1. The zero-order chi connectivity index (χ0) is 41.4. The van der Waals surface area contributed by atoms with Crippen LogP contribution in [-0.2, 0) is 17.6 Å². The van der Waals surface area contributed by atoms with Crippen molar-refractivity contribution in [2.75, 3.05) is 30.3 Å². The normalized spacial score (nSPS) is 17.6. The van der Waals surface area contributed by atoms with Gasteiger partial charge in [-0.2, -0.15) is 5.10 Å². The maximum Gasteiger partial charge on any atom is 0.284 e. The maximum absolute atomic E-state index is 14.1. The number of alkyl halides is 2. The molecule has 3 aliphatic rings. The first-order valence-corrected chi connectivity index (χ1v) is 21.0. The number of hydrogen-bond donors (Lipinski definition) is 4. The van der Waals surface area contributed by atoms with E-state index in [1.807, 2.05) is 12.1 Å². The van der Waals surface area contributed by atoms with Crippen molar-refractivity contribution >= 4 is 29.2 Å². The quantitative estimate of drug-likeness (QED) is 0.0468. The molecule has 3 amide bonds. The van der Waals surface area contributed by atoms with Gasteiger partial charge in [0.05, 0.1) is 23.7 Å². The van der Waals surface area contributed by atoms with Crippen molar-refractivity contribution in [3.8, 4) is 23.0 Å². The van der Waals surface area contributed by atoms with Gasteiger partial charge in [0.25, 0.3) is 18.2 Å². The van der Waals surface area contributed by atoms with E-state index in [1.165, 1.54) is 30.9 Å². The molecule has 4 heterocycles. The van der Waals surface area contributed by atoms with Crippen LogP contribution in [0, 0.1) is 11.8 Å². The number of benzene rings is 2. The van der Waals surface area contributed by atoms with Crippen LogP contribution in [0.1, 0.15) is 114 Å². The van der Waals surface area contributed by atoms with Gasteiger partial charge in [-0.25, -0.2) is 18.7 Å². The van der Waals surface area contributed by atoms with E-state index in [4.69, 9.17) is 9.15 Å². The second kappa shape index (κ2) is 19.0. The summed E-state index contributed by atoms with van der Waals surface area (Å²) < 4.78 is 41.3. The summed E-state index contributed by atoms with van der Waals surface area (Å²) in [7, 11) is 0. The average Bonchev–Trinajstić information content (AvgIpc) is 3.76. The summed E-state index contributed by atoms with van der Waals surface area (Å²) in [4.78, 5) is 45.9. The van der Waals surface area contributed by atoms with Gasteiger partial charge in [-0.3, -0.25) is 24.4 Å². The van der Waals surface area contributed by atoms with E-state index in [2.05, 4.69) is 48.5 Å². The topological polar surface area (TPSA) is 165 Å². The average molecular weight is 821 g/mol. The number of anilines is 2. The summed E-state index contributed by atoms with van der Waals surface area (Å²) in [6.07, 6.45) is 13.1. The van der Waals surface area contributed by atoms with E-state index < -0.39 is 23.9 Å². The second-order valence-corrected chi connectivity index (χ2v) is 16.1. The van der Waals surface area contributed by atoms with Gasteiger partial charge in [0.2, 0.25) is 11.8 Å². The lowest BCUT2D eigenvalue weighted by molar-refractivity contribution is -0.119. The fraction of sp³-hybridized carbons (Fsp3) is 0.422. The standard InChI is InChI=1S/C45H50F2N8O5/c46-42(47)41-35(51-43(57)36-27-59-45(52-36)32-19-21-49-38(22-32)50-25-30-9-10-30)26-55(54-41)33-15-11-29(12-16-33)24-48-20-4-2-1-3-6-28-13-17-34(18-14-28)60-37-8-5-7-31-23-39(56)53-44(58)40(31)37/h5,7-8,13-14,17-19,21-22,26-27,29-30,33,42,48H,1-4,6,9-12,15-16,20,23-25H2,(H,49,50)(H,51,57)(H,53,56,58)/t29-,33-. The van der Waals surface area contributed by atoms with Gasteiger partial charge < -0.3 is 25.1 Å². The molecule has 2 aromatic carbocycles. The van der Waals surface area contributed by atoms with Crippen LogP contribution in [0.25, 0.3) is 11.5 Å². The fourth-order valence-electron chi connectivity index (χ4n) is 7.95. The van der Waals surface area contributed by atoms with Crippen molar-refractivity contribution in [1.29, 1.82) is 0 Å². The number of unbranched alkanes of at least 4 members (excludes halogenated alkanes) is 3. The van der Waals surface area contributed by atoms with Crippen LogP contribution in [0.4, 0.5) is 20.3 Å². The minimum absolute atomic E-state index is 0.0212. The fourth-order valence-corrected chi connectivity index (χ4v) is 7.95. The van der Waals surface area contributed by atoms with Crippen molar-refractivity contribution in [3.05, 3.63) is 101 Å². The smallest absolute Gasteiger partial charge is 0.284 e. The van der Waals surface area contributed by atoms with Crippen LogP contribution in [0.15, 0.2) is 77.7 Å². The zero-order valence-corrected chi connectivity index (χ0v) is 33.4. The molecule has 0 unspecified atom stereocenters. The molecule has 5 aromatic rings. The molecule has 1 aliphatic heterocycles. The predicted octanol–water partition coefficient (Wildman–Crippen LogP) is 8.67. The summed E-state index contributed by atoms with van der Waals surface area (Å²) in [5, 5.41) is 16.1. The monoisotopic (exact) mass is 820 g/mol. The third-order valence-electron chi connectivity index (χ3n) is 11.5. The van der Waals surface area contributed by atoms with Gasteiger partial charge in [0, 0.05) is 24.5 Å². The van der Waals surface area contributed by atoms with Gasteiger partial charge in [0.1, 0.15) is 23.6 Å². The molecular formula is C45H50F2N8O5. The van der Waals surface area contributed by atoms with E-state index in [1.54, 1.807) is 41.2 Å². The predicted molar refractivity (Wildman–Crippen MR) is 221 cm³/mol. The van der Waals surface area contributed by atoms with Crippen LogP contribution < -0.4 is 26.0 Å². The highest BCUT2D eigenvalue weighted by Gasteiger charge is 2.29. The molecule has 60 heavy (non-hydrogen) atoms. The Morgan fingerprint density at radius 3 is 2.53 bits per heavy atom. The Hall–Kier alpha value is -5.96. The summed E-state index contributed by atoms with van der Waals surface area (Å²) >= 11 is 0. The minimum atomic E-state index is -2.85. The first kappa shape index (κ1) is 40.8. The number of aryl methyl sites for hydroxylation is 1. The molecule has 3 aromatic heterocycles. The first-order chi connectivity index (χ1) is 29.3. The summed E-state index contributed by atoms with van der Waals surface area (Å²) in [5.41, 5.74) is 2.45. The largest absolute Gasteiger partial charge is 0.457 e. The molecule has 2 aliphatic carbocycles. The van der Waals surface area contributed by atoms with E-state index in [0.717, 1.165) is 77.4 Å². The van der Waals surface area contributed by atoms with Crippen LogP contribution in [-0.4, -0.2) is 57.1 Å². The van der Waals surface area contributed by atoms with Crippen molar-refractivity contribution in [1.82, 2.24) is 30.4 Å². The number of ether oxygens (including phenoxy) is 1. The van der Waals surface area contributed by atoms with Crippen LogP contribution >= 0.6 is 0 Å². The summed E-state index contributed by atoms with van der Waals surface area (Å²) in [6, 6.07) is 16.7. The third kappa shape index (κ3) is 10.4. The van der Waals surface area contributed by atoms with Gasteiger partial charge in [-0.15, -0.1) is 0 Å². The Balaban J connectivity index is 0.718. The van der Waals surface area contributed by atoms with Crippen molar-refractivity contribution < 1.29 is 32.3 Å². The molecule has 4 N–H and O–H groups in total.